The zero-order valence-electron chi connectivity index (χ0n) is 7.83. The molecule has 1 amide bonds. The maximum absolute atomic E-state index is 11.0. The van der Waals surface area contributed by atoms with Crippen LogP contribution in [0.15, 0.2) is 23.0 Å². The van der Waals surface area contributed by atoms with Crippen LogP contribution < -0.4 is 17.0 Å². The summed E-state index contributed by atoms with van der Waals surface area (Å²) in [5, 5.41) is 0. The van der Waals surface area contributed by atoms with E-state index in [1.807, 2.05) is 5.43 Å². The van der Waals surface area contributed by atoms with Gasteiger partial charge in [0, 0.05) is 0 Å². The second-order valence-electron chi connectivity index (χ2n) is 3.20. The van der Waals surface area contributed by atoms with Crippen LogP contribution in [0.3, 0.4) is 0 Å². The number of carbonyl (C=O) groups is 1. The summed E-state index contributed by atoms with van der Waals surface area (Å²) in [5.74, 6) is 4.70. The van der Waals surface area contributed by atoms with Gasteiger partial charge in [-0.1, -0.05) is 6.07 Å². The first-order chi connectivity index (χ1) is 7.19. The molecule has 1 aromatic heterocycles. The molecule has 0 saturated carbocycles. The fraction of sp³-hybridized carbons (Fsp3) is 0.111. The number of aromatic amines is 2. The molecular weight excluding hydrogens is 196 g/mol. The molecule has 0 aliphatic carbocycles. The van der Waals surface area contributed by atoms with Gasteiger partial charge in [0.05, 0.1) is 17.5 Å². The summed E-state index contributed by atoms with van der Waals surface area (Å²) in [7, 11) is 0. The Morgan fingerprint density at radius 3 is 2.80 bits per heavy atom. The van der Waals surface area contributed by atoms with Crippen LogP contribution in [0, 0.1) is 0 Å². The predicted octanol–water partition coefficient (Wildman–Crippen LogP) is -0.611. The minimum absolute atomic E-state index is 0.194. The maximum Gasteiger partial charge on any atom is 0.323 e. The van der Waals surface area contributed by atoms with Crippen LogP contribution in [0.25, 0.3) is 11.0 Å². The van der Waals surface area contributed by atoms with Crippen LogP contribution in [0.4, 0.5) is 0 Å². The lowest BCUT2D eigenvalue weighted by molar-refractivity contribution is -0.120. The second kappa shape index (κ2) is 3.58. The highest BCUT2D eigenvalue weighted by molar-refractivity contribution is 5.81. The molecule has 5 N–H and O–H groups in total. The summed E-state index contributed by atoms with van der Waals surface area (Å²) in [6, 6.07) is 5.25. The average molecular weight is 206 g/mol. The molecule has 0 atom stereocenters. The third-order valence-corrected chi connectivity index (χ3v) is 2.11. The van der Waals surface area contributed by atoms with E-state index in [2.05, 4.69) is 9.97 Å². The van der Waals surface area contributed by atoms with E-state index in [-0.39, 0.29) is 18.0 Å². The molecule has 0 bridgehead atoms. The van der Waals surface area contributed by atoms with Crippen molar-refractivity contribution in [3.8, 4) is 0 Å². The molecule has 6 nitrogen and oxygen atoms in total. The number of H-pyrrole nitrogens is 2. The third kappa shape index (κ3) is 1.89. The number of fused-ring (bicyclic) bond motifs is 1. The number of amides is 1. The molecule has 0 aliphatic heterocycles. The molecule has 0 radical (unpaired) electrons. The van der Waals surface area contributed by atoms with Gasteiger partial charge in [0.15, 0.2) is 0 Å². The van der Waals surface area contributed by atoms with Gasteiger partial charge in [-0.05, 0) is 17.7 Å². The Hall–Kier alpha value is -2.08. The zero-order chi connectivity index (χ0) is 10.8. The summed E-state index contributed by atoms with van der Waals surface area (Å²) in [6.45, 7) is 0. The molecule has 0 fully saturated rings. The van der Waals surface area contributed by atoms with Crippen molar-refractivity contribution in [2.24, 2.45) is 5.84 Å². The lowest BCUT2D eigenvalue weighted by Crippen LogP contribution is -2.31. The first-order valence-corrected chi connectivity index (χ1v) is 4.39. The van der Waals surface area contributed by atoms with E-state index in [9.17, 15) is 9.59 Å². The topological polar surface area (TPSA) is 104 Å². The number of aromatic nitrogens is 2. The Labute approximate surface area is 84.5 Å². The van der Waals surface area contributed by atoms with E-state index in [0.717, 1.165) is 11.1 Å². The van der Waals surface area contributed by atoms with Crippen LogP contribution in [0.2, 0.25) is 0 Å². The number of imidazole rings is 1. The van der Waals surface area contributed by atoms with Gasteiger partial charge >= 0.3 is 5.69 Å². The Kier molecular flexibility index (Phi) is 2.26. The number of rotatable bonds is 2. The van der Waals surface area contributed by atoms with Gasteiger partial charge in [0.25, 0.3) is 0 Å². The van der Waals surface area contributed by atoms with Crippen molar-refractivity contribution >= 4 is 16.9 Å². The normalized spacial score (nSPS) is 10.5. The van der Waals surface area contributed by atoms with E-state index >= 15 is 0 Å². The molecule has 0 spiro atoms. The van der Waals surface area contributed by atoms with Crippen LogP contribution in [-0.2, 0) is 11.2 Å². The first-order valence-electron chi connectivity index (χ1n) is 4.39. The molecule has 78 valence electrons. The van der Waals surface area contributed by atoms with Crippen molar-refractivity contribution < 1.29 is 4.79 Å². The molecular formula is C9H10N4O2. The highest BCUT2D eigenvalue weighted by Crippen LogP contribution is 2.10. The summed E-state index contributed by atoms with van der Waals surface area (Å²) in [5.41, 5.74) is 3.98. The molecule has 0 saturated heterocycles. The number of hydrazine groups is 1. The van der Waals surface area contributed by atoms with E-state index in [1.54, 1.807) is 18.2 Å². The van der Waals surface area contributed by atoms with E-state index < -0.39 is 0 Å². The number of nitrogens with two attached hydrogens (primary N) is 1. The molecule has 15 heavy (non-hydrogen) atoms. The number of hydrogen-bond donors (Lipinski definition) is 4. The van der Waals surface area contributed by atoms with Crippen molar-refractivity contribution in [1.82, 2.24) is 15.4 Å². The molecule has 0 aliphatic rings. The van der Waals surface area contributed by atoms with Crippen LogP contribution in [0.5, 0.6) is 0 Å². The SMILES string of the molecule is NNC(=O)Cc1ccc2[nH]c(=O)[nH]c2c1. The minimum Gasteiger partial charge on any atom is -0.306 e. The summed E-state index contributed by atoms with van der Waals surface area (Å²) >= 11 is 0. The van der Waals surface area contributed by atoms with E-state index in [0.29, 0.717) is 5.52 Å². The maximum atomic E-state index is 11.0. The average Bonchev–Trinajstić information content (AvgIpc) is 2.57. The van der Waals surface area contributed by atoms with Crippen molar-refractivity contribution in [3.05, 3.63) is 34.2 Å². The van der Waals surface area contributed by atoms with E-state index in [1.165, 1.54) is 0 Å². The molecule has 1 aromatic carbocycles. The highest BCUT2D eigenvalue weighted by Gasteiger charge is 2.03. The fourth-order valence-corrected chi connectivity index (χ4v) is 1.43. The summed E-state index contributed by atoms with van der Waals surface area (Å²) in [4.78, 5) is 27.2. The highest BCUT2D eigenvalue weighted by atomic mass is 16.2. The lowest BCUT2D eigenvalue weighted by Gasteiger charge is -1.99. The second-order valence-corrected chi connectivity index (χ2v) is 3.20. The van der Waals surface area contributed by atoms with Crippen LogP contribution in [0.1, 0.15) is 5.56 Å². The molecule has 2 aromatic rings. The van der Waals surface area contributed by atoms with Crippen LogP contribution >= 0.6 is 0 Å². The van der Waals surface area contributed by atoms with E-state index in [4.69, 9.17) is 5.84 Å². The Balaban J connectivity index is 2.38. The molecule has 2 rings (SSSR count). The number of benzene rings is 1. The Bertz CT molecular complexity index is 554. The summed E-state index contributed by atoms with van der Waals surface area (Å²) in [6.07, 6.45) is 0.194. The smallest absolute Gasteiger partial charge is 0.306 e. The van der Waals surface area contributed by atoms with Crippen LogP contribution in [-0.4, -0.2) is 15.9 Å². The number of hydrogen-bond acceptors (Lipinski definition) is 3. The van der Waals surface area contributed by atoms with Gasteiger partial charge in [-0.3, -0.25) is 10.2 Å². The Morgan fingerprint density at radius 1 is 1.33 bits per heavy atom. The molecule has 0 unspecified atom stereocenters. The fourth-order valence-electron chi connectivity index (χ4n) is 1.43. The number of nitrogens with one attached hydrogen (secondary N) is 3. The van der Waals surface area contributed by atoms with Gasteiger partial charge in [-0.2, -0.15) is 0 Å². The largest absolute Gasteiger partial charge is 0.323 e. The van der Waals surface area contributed by atoms with Crippen molar-refractivity contribution in [2.45, 2.75) is 6.42 Å². The Morgan fingerprint density at radius 2 is 2.07 bits per heavy atom. The lowest BCUT2D eigenvalue weighted by atomic mass is 10.1. The van der Waals surface area contributed by atoms with Gasteiger partial charge in [-0.25, -0.2) is 10.6 Å². The van der Waals surface area contributed by atoms with Gasteiger partial charge in [0.1, 0.15) is 0 Å². The molecule has 6 heteroatoms. The molecule has 1 heterocycles. The first kappa shape index (κ1) is 9.47. The van der Waals surface area contributed by atoms with Crippen molar-refractivity contribution in [1.29, 1.82) is 0 Å². The monoisotopic (exact) mass is 206 g/mol. The van der Waals surface area contributed by atoms with Gasteiger partial charge in [0.2, 0.25) is 5.91 Å². The standard InChI is InChI=1S/C9H10N4O2/c10-13-8(14)4-5-1-2-6-7(3-5)12-9(15)11-6/h1-3H,4,10H2,(H,13,14)(H2,11,12,15). The van der Waals surface area contributed by atoms with Crippen molar-refractivity contribution in [2.75, 3.05) is 0 Å². The van der Waals surface area contributed by atoms with Gasteiger partial charge in [-0.15, -0.1) is 0 Å². The minimum atomic E-state index is -0.271. The van der Waals surface area contributed by atoms with Crippen molar-refractivity contribution in [3.63, 3.8) is 0 Å². The quantitative estimate of drug-likeness (QED) is 0.299. The van der Waals surface area contributed by atoms with Gasteiger partial charge < -0.3 is 9.97 Å². The number of carbonyl (C=O) groups excluding carboxylic acids is 1. The predicted molar refractivity (Wildman–Crippen MR) is 55.0 cm³/mol. The third-order valence-electron chi connectivity index (χ3n) is 2.11. The zero-order valence-corrected chi connectivity index (χ0v) is 7.83. The summed E-state index contributed by atoms with van der Waals surface area (Å²) < 4.78 is 0.